The fraction of sp³-hybridized carbons (Fsp3) is 0.562. The normalized spacial score (nSPS) is 11.7. The molecule has 3 N–H and O–H groups in total. The van der Waals surface area contributed by atoms with Crippen LogP contribution in [0.3, 0.4) is 0 Å². The molecule has 0 aliphatic heterocycles. The third-order valence-corrected chi connectivity index (χ3v) is 3.05. The molecule has 22 heavy (non-hydrogen) atoms. The molecule has 0 bridgehead atoms. The van der Waals surface area contributed by atoms with E-state index in [1.807, 2.05) is 0 Å². The van der Waals surface area contributed by atoms with E-state index in [-0.39, 0.29) is 35.9 Å². The van der Waals surface area contributed by atoms with Gasteiger partial charge in [0.15, 0.2) is 11.6 Å². The molecule has 1 unspecified atom stereocenters. The lowest BCUT2D eigenvalue weighted by molar-refractivity contribution is -0.122. The average molecular weight is 333 g/mol. The number of nitrogens with two attached hydrogens (primary N) is 1. The van der Waals surface area contributed by atoms with E-state index in [1.165, 1.54) is 6.07 Å². The molecule has 0 radical (unpaired) electrons. The number of carbonyl (C=O) groups is 1. The number of carbonyl (C=O) groups excluding carboxylic acids is 1. The van der Waals surface area contributed by atoms with Crippen molar-refractivity contribution in [2.45, 2.75) is 39.2 Å². The van der Waals surface area contributed by atoms with Crippen molar-refractivity contribution in [3.63, 3.8) is 0 Å². The Hall–Kier alpha value is -1.33. The molecule has 0 saturated heterocycles. The molecule has 0 fully saturated rings. The van der Waals surface area contributed by atoms with Gasteiger partial charge in [0.25, 0.3) is 0 Å². The van der Waals surface area contributed by atoms with Crippen LogP contribution in [0.5, 0.6) is 5.75 Å². The molecule has 1 amide bonds. The number of ether oxygens (including phenoxy) is 1. The lowest BCUT2D eigenvalue weighted by Crippen LogP contribution is -2.41. The maximum absolute atomic E-state index is 13.3. The Morgan fingerprint density at radius 2 is 2.05 bits per heavy atom. The maximum Gasteiger partial charge on any atom is 0.220 e. The summed E-state index contributed by atoms with van der Waals surface area (Å²) >= 11 is 0. The van der Waals surface area contributed by atoms with Gasteiger partial charge >= 0.3 is 0 Å². The molecule has 0 saturated carbocycles. The summed E-state index contributed by atoms with van der Waals surface area (Å²) in [5.41, 5.74) is 5.64. The second-order valence-electron chi connectivity index (χ2n) is 5.51. The second kappa shape index (κ2) is 11.3. The number of nitrogens with one attached hydrogen (secondary N) is 1. The molecule has 6 heteroatoms. The first-order chi connectivity index (χ1) is 10.0. The van der Waals surface area contributed by atoms with E-state index in [0.717, 1.165) is 6.42 Å². The van der Waals surface area contributed by atoms with Crippen LogP contribution in [-0.2, 0) is 4.79 Å². The Labute approximate surface area is 138 Å². The molecule has 1 aromatic carbocycles. The maximum atomic E-state index is 13.3. The van der Waals surface area contributed by atoms with Gasteiger partial charge in [-0.05, 0) is 30.9 Å². The molecule has 126 valence electrons. The Kier molecular flexibility index (Phi) is 10.6. The summed E-state index contributed by atoms with van der Waals surface area (Å²) < 4.78 is 18.6. The highest BCUT2D eigenvalue weighted by atomic mass is 35.5. The summed E-state index contributed by atoms with van der Waals surface area (Å²) in [4.78, 5) is 11.8. The number of hydrogen-bond acceptors (Lipinski definition) is 3. The van der Waals surface area contributed by atoms with Crippen molar-refractivity contribution in [2.24, 2.45) is 11.7 Å². The number of halogens is 2. The minimum atomic E-state index is -0.387. The quantitative estimate of drug-likeness (QED) is 0.683. The van der Waals surface area contributed by atoms with Gasteiger partial charge in [0.1, 0.15) is 0 Å². The van der Waals surface area contributed by atoms with E-state index in [2.05, 4.69) is 19.2 Å². The van der Waals surface area contributed by atoms with E-state index >= 15 is 0 Å². The van der Waals surface area contributed by atoms with Crippen molar-refractivity contribution >= 4 is 18.3 Å². The molecular weight excluding hydrogens is 307 g/mol. The average Bonchev–Trinajstić information content (AvgIpc) is 2.44. The van der Waals surface area contributed by atoms with Crippen molar-refractivity contribution in [1.29, 1.82) is 0 Å². The first-order valence-electron chi connectivity index (χ1n) is 7.39. The van der Waals surface area contributed by atoms with Crippen LogP contribution in [0, 0.1) is 11.7 Å². The van der Waals surface area contributed by atoms with Crippen LogP contribution in [0.4, 0.5) is 4.39 Å². The number of rotatable bonds is 9. The largest absolute Gasteiger partial charge is 0.491 e. The summed E-state index contributed by atoms with van der Waals surface area (Å²) in [7, 11) is 0. The summed E-state index contributed by atoms with van der Waals surface area (Å²) in [6.07, 6.45) is 1.76. The van der Waals surface area contributed by atoms with Gasteiger partial charge in [-0.3, -0.25) is 4.79 Å². The van der Waals surface area contributed by atoms with Crippen molar-refractivity contribution < 1.29 is 13.9 Å². The number of hydrogen-bond donors (Lipinski definition) is 2. The highest BCUT2D eigenvalue weighted by Gasteiger charge is 2.12. The minimum Gasteiger partial charge on any atom is -0.491 e. The van der Waals surface area contributed by atoms with Crippen molar-refractivity contribution in [2.75, 3.05) is 13.2 Å². The van der Waals surface area contributed by atoms with E-state index in [9.17, 15) is 9.18 Å². The van der Waals surface area contributed by atoms with Crippen LogP contribution in [0.1, 0.15) is 33.1 Å². The third-order valence-electron chi connectivity index (χ3n) is 3.05. The van der Waals surface area contributed by atoms with Gasteiger partial charge in [0, 0.05) is 19.0 Å². The van der Waals surface area contributed by atoms with Gasteiger partial charge in [-0.1, -0.05) is 26.0 Å². The lowest BCUT2D eigenvalue weighted by Gasteiger charge is -2.18. The van der Waals surface area contributed by atoms with Gasteiger partial charge in [0.2, 0.25) is 5.91 Å². The molecule has 1 aromatic rings. The Morgan fingerprint density at radius 1 is 1.36 bits per heavy atom. The van der Waals surface area contributed by atoms with E-state index in [1.54, 1.807) is 18.2 Å². The number of amides is 1. The molecule has 0 aliphatic carbocycles. The monoisotopic (exact) mass is 332 g/mol. The molecule has 1 rings (SSSR count). The van der Waals surface area contributed by atoms with E-state index in [4.69, 9.17) is 10.5 Å². The fourth-order valence-electron chi connectivity index (χ4n) is 2.06. The van der Waals surface area contributed by atoms with Crippen LogP contribution in [0.25, 0.3) is 0 Å². The smallest absolute Gasteiger partial charge is 0.220 e. The van der Waals surface area contributed by atoms with Crippen LogP contribution in [0.2, 0.25) is 0 Å². The second-order valence-corrected chi connectivity index (χ2v) is 5.51. The van der Waals surface area contributed by atoms with E-state index in [0.29, 0.717) is 31.9 Å². The van der Waals surface area contributed by atoms with Crippen LogP contribution in [0.15, 0.2) is 24.3 Å². The highest BCUT2D eigenvalue weighted by molar-refractivity contribution is 5.85. The topological polar surface area (TPSA) is 64.3 Å². The molecule has 1 atom stereocenters. The summed E-state index contributed by atoms with van der Waals surface area (Å²) in [6, 6.07) is 6.26. The van der Waals surface area contributed by atoms with Crippen LogP contribution < -0.4 is 15.8 Å². The zero-order valence-electron chi connectivity index (χ0n) is 13.2. The Morgan fingerprint density at radius 3 is 2.64 bits per heavy atom. The fourth-order valence-corrected chi connectivity index (χ4v) is 2.06. The van der Waals surface area contributed by atoms with Gasteiger partial charge in [-0.25, -0.2) is 4.39 Å². The van der Waals surface area contributed by atoms with Gasteiger partial charge in [-0.2, -0.15) is 0 Å². The van der Waals surface area contributed by atoms with Crippen LogP contribution in [-0.4, -0.2) is 25.1 Å². The first-order valence-corrected chi connectivity index (χ1v) is 7.39. The Bertz CT molecular complexity index is 444. The molecule has 0 aliphatic rings. The molecular formula is C16H26ClFN2O2. The van der Waals surface area contributed by atoms with Crippen molar-refractivity contribution in [3.8, 4) is 5.75 Å². The standard InChI is InChI=1S/C16H25FN2O2.ClH/c1-12(2)10-13(11-18)19-16(20)8-5-9-21-15-7-4-3-6-14(15)17;/h3-4,6-7,12-13H,5,8-11,18H2,1-2H3,(H,19,20);1H. The minimum absolute atomic E-state index is 0. The highest BCUT2D eigenvalue weighted by Crippen LogP contribution is 2.15. The van der Waals surface area contributed by atoms with Gasteiger partial charge < -0.3 is 15.8 Å². The first kappa shape index (κ1) is 20.7. The zero-order chi connectivity index (χ0) is 15.7. The van der Waals surface area contributed by atoms with Gasteiger partial charge in [0.05, 0.1) is 6.61 Å². The van der Waals surface area contributed by atoms with Crippen molar-refractivity contribution in [1.82, 2.24) is 5.32 Å². The van der Waals surface area contributed by atoms with Crippen LogP contribution >= 0.6 is 12.4 Å². The van der Waals surface area contributed by atoms with Crippen molar-refractivity contribution in [3.05, 3.63) is 30.1 Å². The Balaban J connectivity index is 0.00000441. The zero-order valence-corrected chi connectivity index (χ0v) is 14.0. The molecule has 4 nitrogen and oxygen atoms in total. The SMILES string of the molecule is CC(C)CC(CN)NC(=O)CCCOc1ccccc1F.Cl. The molecule has 0 spiro atoms. The number of para-hydroxylation sites is 1. The third kappa shape index (κ3) is 8.20. The predicted molar refractivity (Wildman–Crippen MR) is 88.8 cm³/mol. The van der Waals surface area contributed by atoms with E-state index < -0.39 is 0 Å². The van der Waals surface area contributed by atoms with Gasteiger partial charge in [-0.15, -0.1) is 12.4 Å². The molecule has 0 aromatic heterocycles. The summed E-state index contributed by atoms with van der Waals surface area (Å²) in [6.45, 7) is 4.94. The molecule has 0 heterocycles. The lowest BCUT2D eigenvalue weighted by atomic mass is 10.0. The predicted octanol–water partition coefficient (Wildman–Crippen LogP) is 2.90. The summed E-state index contributed by atoms with van der Waals surface area (Å²) in [5.74, 6) is 0.283. The number of benzene rings is 1. The summed E-state index contributed by atoms with van der Waals surface area (Å²) in [5, 5.41) is 2.91.